The summed E-state index contributed by atoms with van der Waals surface area (Å²) in [6.07, 6.45) is 1.21. The lowest BCUT2D eigenvalue weighted by atomic mass is 9.96. The van der Waals surface area contributed by atoms with Gasteiger partial charge in [-0.1, -0.05) is 20.8 Å². The van der Waals surface area contributed by atoms with E-state index in [-0.39, 0.29) is 36.8 Å². The largest absolute Gasteiger partial charge is 0.481 e. The van der Waals surface area contributed by atoms with Crippen LogP contribution in [0.5, 0.6) is 0 Å². The van der Waals surface area contributed by atoms with Gasteiger partial charge in [-0.3, -0.25) is 14.4 Å². The number of nitrogens with zero attached hydrogens (tertiary/aromatic N) is 1. The van der Waals surface area contributed by atoms with Gasteiger partial charge in [0.25, 0.3) is 0 Å². The SMILES string of the molecule is COC1CC(CC(=O)O)N(C(=O)CCCNC(=O)C(C)(C)C)C1. The zero-order valence-electron chi connectivity index (χ0n) is 14.4. The maximum atomic E-state index is 12.3. The zero-order valence-corrected chi connectivity index (χ0v) is 14.4. The summed E-state index contributed by atoms with van der Waals surface area (Å²) >= 11 is 0. The number of methoxy groups -OCH3 is 1. The van der Waals surface area contributed by atoms with E-state index in [0.29, 0.717) is 25.9 Å². The fourth-order valence-electron chi connectivity index (χ4n) is 2.60. The number of hydrogen-bond donors (Lipinski definition) is 2. The van der Waals surface area contributed by atoms with Crippen molar-refractivity contribution in [2.75, 3.05) is 20.2 Å². The lowest BCUT2D eigenvalue weighted by Gasteiger charge is -2.23. The van der Waals surface area contributed by atoms with E-state index in [9.17, 15) is 14.4 Å². The van der Waals surface area contributed by atoms with E-state index in [1.807, 2.05) is 20.8 Å². The molecule has 7 nitrogen and oxygen atoms in total. The van der Waals surface area contributed by atoms with Crippen LogP contribution < -0.4 is 5.32 Å². The first-order valence-corrected chi connectivity index (χ1v) is 7.97. The molecule has 0 aromatic carbocycles. The first-order chi connectivity index (χ1) is 10.6. The minimum atomic E-state index is -0.915. The summed E-state index contributed by atoms with van der Waals surface area (Å²) in [7, 11) is 1.57. The Hall–Kier alpha value is -1.63. The lowest BCUT2D eigenvalue weighted by Crippen LogP contribution is -2.38. The van der Waals surface area contributed by atoms with E-state index in [4.69, 9.17) is 9.84 Å². The van der Waals surface area contributed by atoms with Gasteiger partial charge in [0.2, 0.25) is 11.8 Å². The molecule has 7 heteroatoms. The monoisotopic (exact) mass is 328 g/mol. The summed E-state index contributed by atoms with van der Waals surface area (Å²) in [4.78, 5) is 36.6. The fourth-order valence-corrected chi connectivity index (χ4v) is 2.60. The maximum absolute atomic E-state index is 12.3. The lowest BCUT2D eigenvalue weighted by molar-refractivity contribution is -0.140. The van der Waals surface area contributed by atoms with Crippen LogP contribution in [0.1, 0.15) is 46.5 Å². The molecule has 1 heterocycles. The number of rotatable bonds is 7. The third-order valence-corrected chi connectivity index (χ3v) is 3.97. The number of aliphatic carboxylic acids is 1. The highest BCUT2D eigenvalue weighted by molar-refractivity contribution is 5.81. The summed E-state index contributed by atoms with van der Waals surface area (Å²) in [6, 6.07) is -0.311. The van der Waals surface area contributed by atoms with Crippen molar-refractivity contribution in [2.24, 2.45) is 5.41 Å². The van der Waals surface area contributed by atoms with Crippen molar-refractivity contribution in [3.05, 3.63) is 0 Å². The van der Waals surface area contributed by atoms with Crippen molar-refractivity contribution in [3.8, 4) is 0 Å². The van der Waals surface area contributed by atoms with E-state index in [1.54, 1.807) is 12.0 Å². The molecule has 1 aliphatic heterocycles. The number of nitrogens with one attached hydrogen (secondary N) is 1. The smallest absolute Gasteiger partial charge is 0.305 e. The second-order valence-electron chi connectivity index (χ2n) is 7.00. The standard InChI is InChI=1S/C16H28N2O5/c1-16(2,3)15(22)17-7-5-6-13(19)18-10-12(23-4)8-11(18)9-14(20)21/h11-12H,5-10H2,1-4H3,(H,17,22)(H,20,21). The number of carboxylic acid groups (broad SMARTS) is 1. The van der Waals surface area contributed by atoms with E-state index in [2.05, 4.69) is 5.32 Å². The minimum absolute atomic E-state index is 0.0469. The summed E-state index contributed by atoms with van der Waals surface area (Å²) < 4.78 is 5.25. The second-order valence-corrected chi connectivity index (χ2v) is 7.00. The van der Waals surface area contributed by atoms with Crippen LogP contribution in [0, 0.1) is 5.41 Å². The Balaban J connectivity index is 2.43. The quantitative estimate of drug-likeness (QED) is 0.680. The molecule has 2 N–H and O–H groups in total. The number of amides is 2. The van der Waals surface area contributed by atoms with Gasteiger partial charge in [-0.15, -0.1) is 0 Å². The first kappa shape index (κ1) is 19.4. The van der Waals surface area contributed by atoms with Crippen molar-refractivity contribution in [1.82, 2.24) is 10.2 Å². The molecule has 0 saturated carbocycles. The van der Waals surface area contributed by atoms with Crippen LogP contribution in [-0.4, -0.2) is 60.1 Å². The van der Waals surface area contributed by atoms with Crippen molar-refractivity contribution in [2.45, 2.75) is 58.6 Å². The minimum Gasteiger partial charge on any atom is -0.481 e. The van der Waals surface area contributed by atoms with Gasteiger partial charge in [-0.2, -0.15) is 0 Å². The molecular formula is C16H28N2O5. The highest BCUT2D eigenvalue weighted by atomic mass is 16.5. The molecule has 2 unspecified atom stereocenters. The number of carboxylic acids is 1. The molecular weight excluding hydrogens is 300 g/mol. The fraction of sp³-hybridized carbons (Fsp3) is 0.812. The molecule has 0 bridgehead atoms. The molecule has 0 aromatic heterocycles. The number of carbonyl (C=O) groups is 3. The van der Waals surface area contributed by atoms with Crippen LogP contribution in [0.15, 0.2) is 0 Å². The summed E-state index contributed by atoms with van der Waals surface area (Å²) in [5, 5.41) is 11.8. The third-order valence-electron chi connectivity index (χ3n) is 3.97. The van der Waals surface area contributed by atoms with Gasteiger partial charge < -0.3 is 20.1 Å². The summed E-state index contributed by atoms with van der Waals surface area (Å²) in [5.74, 6) is -1.04. The topological polar surface area (TPSA) is 95.9 Å². The normalized spacial score (nSPS) is 21.3. The van der Waals surface area contributed by atoms with Gasteiger partial charge in [-0.25, -0.2) is 0 Å². The molecule has 0 aliphatic carbocycles. The Kier molecular flexibility index (Phi) is 7.00. The molecule has 0 spiro atoms. The van der Waals surface area contributed by atoms with E-state index < -0.39 is 11.4 Å². The van der Waals surface area contributed by atoms with Crippen molar-refractivity contribution in [1.29, 1.82) is 0 Å². The Morgan fingerprint density at radius 1 is 1.30 bits per heavy atom. The van der Waals surface area contributed by atoms with Gasteiger partial charge >= 0.3 is 5.97 Å². The molecule has 132 valence electrons. The van der Waals surface area contributed by atoms with Gasteiger partial charge in [0.1, 0.15) is 0 Å². The highest BCUT2D eigenvalue weighted by Gasteiger charge is 2.36. The molecule has 1 fully saturated rings. The van der Waals surface area contributed by atoms with Gasteiger partial charge in [0.05, 0.1) is 12.5 Å². The zero-order chi connectivity index (χ0) is 17.6. The second kappa shape index (κ2) is 8.29. The molecule has 1 saturated heterocycles. The van der Waals surface area contributed by atoms with E-state index >= 15 is 0 Å². The van der Waals surface area contributed by atoms with Crippen LogP contribution in [0.25, 0.3) is 0 Å². The number of carbonyl (C=O) groups excluding carboxylic acids is 2. The molecule has 23 heavy (non-hydrogen) atoms. The molecule has 2 amide bonds. The van der Waals surface area contributed by atoms with Crippen molar-refractivity contribution < 1.29 is 24.2 Å². The van der Waals surface area contributed by atoms with E-state index in [1.165, 1.54) is 0 Å². The molecule has 1 rings (SSSR count). The van der Waals surface area contributed by atoms with Crippen molar-refractivity contribution >= 4 is 17.8 Å². The average Bonchev–Trinajstić information content (AvgIpc) is 2.84. The van der Waals surface area contributed by atoms with Crippen LogP contribution >= 0.6 is 0 Å². The van der Waals surface area contributed by atoms with Crippen LogP contribution in [0.3, 0.4) is 0 Å². The molecule has 0 aromatic rings. The average molecular weight is 328 g/mol. The Labute approximate surface area is 137 Å². The van der Waals surface area contributed by atoms with Gasteiger partial charge in [0, 0.05) is 38.1 Å². The Morgan fingerprint density at radius 3 is 2.48 bits per heavy atom. The molecule has 1 aliphatic rings. The third kappa shape index (κ3) is 6.17. The number of ether oxygens (including phenoxy) is 1. The van der Waals surface area contributed by atoms with Crippen molar-refractivity contribution in [3.63, 3.8) is 0 Å². The molecule has 2 atom stereocenters. The maximum Gasteiger partial charge on any atom is 0.305 e. The number of likely N-dealkylation sites (tertiary alicyclic amines) is 1. The van der Waals surface area contributed by atoms with E-state index in [0.717, 1.165) is 0 Å². The summed E-state index contributed by atoms with van der Waals surface area (Å²) in [5.41, 5.74) is -0.447. The van der Waals surface area contributed by atoms with Gasteiger partial charge in [-0.05, 0) is 12.8 Å². The van der Waals surface area contributed by atoms with Crippen LogP contribution in [0.4, 0.5) is 0 Å². The first-order valence-electron chi connectivity index (χ1n) is 7.97. The van der Waals surface area contributed by atoms with Gasteiger partial charge in [0.15, 0.2) is 0 Å². The highest BCUT2D eigenvalue weighted by Crippen LogP contribution is 2.23. The predicted octanol–water partition coefficient (Wildman–Crippen LogP) is 1.02. The predicted molar refractivity (Wildman–Crippen MR) is 84.9 cm³/mol. The van der Waals surface area contributed by atoms with Crippen LogP contribution in [0.2, 0.25) is 0 Å². The summed E-state index contributed by atoms with van der Waals surface area (Å²) in [6.45, 7) is 6.37. The van der Waals surface area contributed by atoms with Crippen LogP contribution in [-0.2, 0) is 19.1 Å². The number of hydrogen-bond acceptors (Lipinski definition) is 4. The Morgan fingerprint density at radius 2 is 1.96 bits per heavy atom. The Bertz CT molecular complexity index is 444. The molecule has 0 radical (unpaired) electrons.